The molecule has 0 atom stereocenters. The molecule has 1 heterocycles. The van der Waals surface area contributed by atoms with Crippen molar-refractivity contribution in [3.63, 3.8) is 0 Å². The number of hydrogen-bond donors (Lipinski definition) is 1. The normalized spacial score (nSPS) is 10.7. The Morgan fingerprint density at radius 3 is 2.26 bits per heavy atom. The van der Waals surface area contributed by atoms with Crippen LogP contribution < -0.4 is 5.32 Å². The molecular weight excluding hydrogens is 424 g/mol. The van der Waals surface area contributed by atoms with Crippen LogP contribution in [-0.2, 0) is 10.5 Å². The molecule has 0 saturated heterocycles. The lowest BCUT2D eigenvalue weighted by Gasteiger charge is -2.10. The van der Waals surface area contributed by atoms with Crippen molar-refractivity contribution in [1.82, 2.24) is 14.8 Å². The summed E-state index contributed by atoms with van der Waals surface area (Å²) in [5, 5.41) is 12.4. The number of aromatic nitrogens is 3. The SMILES string of the molecule is Cc1ccc(NC(=O)CSc2nnc(CSc3ccccc3)n2-c2ccccc2)cc1. The third-order valence-corrected chi connectivity index (χ3v) is 6.43. The highest BCUT2D eigenvalue weighted by Gasteiger charge is 2.16. The number of nitrogens with one attached hydrogen (secondary N) is 1. The van der Waals surface area contributed by atoms with Crippen LogP contribution in [0.25, 0.3) is 5.69 Å². The van der Waals surface area contributed by atoms with Crippen LogP contribution in [0.1, 0.15) is 11.4 Å². The van der Waals surface area contributed by atoms with Gasteiger partial charge >= 0.3 is 0 Å². The summed E-state index contributed by atoms with van der Waals surface area (Å²) < 4.78 is 2.03. The topological polar surface area (TPSA) is 59.8 Å². The van der Waals surface area contributed by atoms with Crippen molar-refractivity contribution in [3.05, 3.63) is 96.3 Å². The molecule has 1 aromatic heterocycles. The zero-order valence-electron chi connectivity index (χ0n) is 17.1. The van der Waals surface area contributed by atoms with Gasteiger partial charge < -0.3 is 5.32 Å². The fraction of sp³-hybridized carbons (Fsp3) is 0.125. The van der Waals surface area contributed by atoms with Gasteiger partial charge in [-0.1, -0.05) is 65.9 Å². The van der Waals surface area contributed by atoms with E-state index in [-0.39, 0.29) is 11.7 Å². The summed E-state index contributed by atoms with van der Waals surface area (Å²) in [6, 6.07) is 28.0. The zero-order valence-corrected chi connectivity index (χ0v) is 18.7. The molecule has 0 spiro atoms. The molecule has 7 heteroatoms. The first kappa shape index (κ1) is 21.2. The second kappa shape index (κ2) is 10.3. The maximum atomic E-state index is 12.4. The highest BCUT2D eigenvalue weighted by Crippen LogP contribution is 2.27. The first-order chi connectivity index (χ1) is 15.2. The Labute approximate surface area is 190 Å². The van der Waals surface area contributed by atoms with E-state index in [2.05, 4.69) is 27.6 Å². The number of aryl methyl sites for hydroxylation is 1. The Hall–Kier alpha value is -3.03. The third kappa shape index (κ3) is 5.77. The Balaban J connectivity index is 1.48. The fourth-order valence-electron chi connectivity index (χ4n) is 2.95. The molecule has 0 aliphatic rings. The fourth-order valence-corrected chi connectivity index (χ4v) is 4.56. The summed E-state index contributed by atoms with van der Waals surface area (Å²) in [5.41, 5.74) is 2.93. The second-order valence-corrected chi connectivity index (χ2v) is 8.87. The van der Waals surface area contributed by atoms with Crippen molar-refractivity contribution >= 4 is 35.1 Å². The van der Waals surface area contributed by atoms with Crippen molar-refractivity contribution < 1.29 is 4.79 Å². The number of amides is 1. The van der Waals surface area contributed by atoms with Crippen LogP contribution in [0.4, 0.5) is 5.69 Å². The van der Waals surface area contributed by atoms with Crippen molar-refractivity contribution in [3.8, 4) is 5.69 Å². The molecule has 0 aliphatic carbocycles. The van der Waals surface area contributed by atoms with Crippen LogP contribution in [0, 0.1) is 6.92 Å². The first-order valence-electron chi connectivity index (χ1n) is 9.86. The van der Waals surface area contributed by atoms with Crippen LogP contribution in [-0.4, -0.2) is 26.4 Å². The van der Waals surface area contributed by atoms with Crippen molar-refractivity contribution in [2.75, 3.05) is 11.1 Å². The Bertz CT molecular complexity index is 1130. The van der Waals surface area contributed by atoms with Crippen molar-refractivity contribution in [2.45, 2.75) is 22.7 Å². The highest BCUT2D eigenvalue weighted by molar-refractivity contribution is 7.99. The lowest BCUT2D eigenvalue weighted by molar-refractivity contribution is -0.113. The summed E-state index contributed by atoms with van der Waals surface area (Å²) in [5.74, 6) is 1.71. The third-order valence-electron chi connectivity index (χ3n) is 4.49. The van der Waals surface area contributed by atoms with Gasteiger partial charge in [-0.05, 0) is 43.3 Å². The quantitative estimate of drug-likeness (QED) is 0.357. The van der Waals surface area contributed by atoms with E-state index in [0.717, 1.165) is 22.8 Å². The maximum Gasteiger partial charge on any atom is 0.234 e. The molecule has 3 aromatic carbocycles. The lowest BCUT2D eigenvalue weighted by Crippen LogP contribution is -2.14. The minimum absolute atomic E-state index is 0.0725. The standard InChI is InChI=1S/C24H22N4OS2/c1-18-12-14-19(15-13-18)25-23(29)17-31-24-27-26-22(16-30-21-10-6-3-7-11-21)28(24)20-8-4-2-5-9-20/h2-15H,16-17H2,1H3,(H,25,29). The number of hydrogen-bond acceptors (Lipinski definition) is 5. The molecule has 0 saturated carbocycles. The van der Waals surface area contributed by atoms with Gasteiger partial charge in [0, 0.05) is 16.3 Å². The summed E-state index contributed by atoms with van der Waals surface area (Å²) in [4.78, 5) is 13.6. The Morgan fingerprint density at radius 2 is 1.55 bits per heavy atom. The average Bonchev–Trinajstić information content (AvgIpc) is 3.22. The van der Waals surface area contributed by atoms with Gasteiger partial charge in [0.05, 0.1) is 11.5 Å². The van der Waals surface area contributed by atoms with Crippen LogP contribution >= 0.6 is 23.5 Å². The van der Waals surface area contributed by atoms with E-state index in [1.165, 1.54) is 16.7 Å². The number of thioether (sulfide) groups is 2. The summed E-state index contributed by atoms with van der Waals surface area (Å²) in [7, 11) is 0. The second-order valence-electron chi connectivity index (χ2n) is 6.87. The number of nitrogens with zero attached hydrogens (tertiary/aromatic N) is 3. The molecule has 156 valence electrons. The molecule has 0 radical (unpaired) electrons. The van der Waals surface area contributed by atoms with Gasteiger partial charge in [-0.3, -0.25) is 9.36 Å². The summed E-state index contributed by atoms with van der Waals surface area (Å²) >= 11 is 3.09. The predicted molar refractivity (Wildman–Crippen MR) is 128 cm³/mol. The van der Waals surface area contributed by atoms with E-state index in [4.69, 9.17) is 0 Å². The van der Waals surface area contributed by atoms with Crippen LogP contribution in [0.2, 0.25) is 0 Å². The molecule has 1 amide bonds. The number of carbonyl (C=O) groups excluding carboxylic acids is 1. The molecule has 1 N–H and O–H groups in total. The molecule has 31 heavy (non-hydrogen) atoms. The Morgan fingerprint density at radius 1 is 0.871 bits per heavy atom. The van der Waals surface area contributed by atoms with Crippen LogP contribution in [0.5, 0.6) is 0 Å². The van der Waals surface area contributed by atoms with E-state index < -0.39 is 0 Å². The van der Waals surface area contributed by atoms with E-state index in [9.17, 15) is 4.79 Å². The van der Waals surface area contributed by atoms with Gasteiger partial charge in [0.15, 0.2) is 5.16 Å². The molecular formula is C24H22N4OS2. The average molecular weight is 447 g/mol. The minimum Gasteiger partial charge on any atom is -0.325 e. The van der Waals surface area contributed by atoms with Gasteiger partial charge in [-0.25, -0.2) is 0 Å². The van der Waals surface area contributed by atoms with E-state index in [1.54, 1.807) is 11.8 Å². The summed E-state index contributed by atoms with van der Waals surface area (Å²) in [6.45, 7) is 2.02. The Kier molecular flexibility index (Phi) is 7.07. The lowest BCUT2D eigenvalue weighted by atomic mass is 10.2. The number of benzene rings is 3. The number of anilines is 1. The molecule has 0 fully saturated rings. The summed E-state index contributed by atoms with van der Waals surface area (Å²) in [6.07, 6.45) is 0. The molecule has 5 nitrogen and oxygen atoms in total. The minimum atomic E-state index is -0.0725. The smallest absolute Gasteiger partial charge is 0.234 e. The van der Waals surface area contributed by atoms with E-state index in [1.807, 2.05) is 84.3 Å². The van der Waals surface area contributed by atoms with Crippen molar-refractivity contribution in [2.24, 2.45) is 0 Å². The molecule has 0 unspecified atom stereocenters. The maximum absolute atomic E-state index is 12.4. The largest absolute Gasteiger partial charge is 0.325 e. The number of para-hydroxylation sites is 1. The van der Waals surface area contributed by atoms with E-state index in [0.29, 0.717) is 10.9 Å². The van der Waals surface area contributed by atoms with Crippen LogP contribution in [0.3, 0.4) is 0 Å². The number of carbonyl (C=O) groups is 1. The molecule has 4 rings (SSSR count). The first-order valence-corrected chi connectivity index (χ1v) is 11.8. The van der Waals surface area contributed by atoms with Gasteiger partial charge in [-0.2, -0.15) is 0 Å². The van der Waals surface area contributed by atoms with Gasteiger partial charge in [0.25, 0.3) is 0 Å². The van der Waals surface area contributed by atoms with Gasteiger partial charge in [0.2, 0.25) is 5.91 Å². The highest BCUT2D eigenvalue weighted by atomic mass is 32.2. The van der Waals surface area contributed by atoms with Crippen LogP contribution in [0.15, 0.2) is 95.0 Å². The van der Waals surface area contributed by atoms with Gasteiger partial charge in [-0.15, -0.1) is 22.0 Å². The van der Waals surface area contributed by atoms with E-state index >= 15 is 0 Å². The van der Waals surface area contributed by atoms with Gasteiger partial charge in [0.1, 0.15) is 5.82 Å². The molecule has 0 aliphatic heterocycles. The number of rotatable bonds is 8. The predicted octanol–water partition coefficient (Wildman–Crippen LogP) is 5.60. The monoisotopic (exact) mass is 446 g/mol. The molecule has 4 aromatic rings. The zero-order chi connectivity index (χ0) is 21.5. The van der Waals surface area contributed by atoms with Crippen molar-refractivity contribution in [1.29, 1.82) is 0 Å². The molecule has 0 bridgehead atoms.